The fraction of sp³-hybridized carbons (Fsp3) is 0.529. The second-order valence-electron chi connectivity index (χ2n) is 5.64. The minimum atomic E-state index is -0.406. The van der Waals surface area contributed by atoms with E-state index >= 15 is 0 Å². The van der Waals surface area contributed by atoms with E-state index in [-0.39, 0.29) is 11.8 Å². The average molecular weight is 306 g/mol. The molecular weight excluding hydrogens is 283 g/mol. The van der Waals surface area contributed by atoms with Gasteiger partial charge in [-0.1, -0.05) is 19.4 Å². The molecule has 0 spiro atoms. The molecule has 0 atom stereocenters. The third kappa shape index (κ3) is 4.29. The van der Waals surface area contributed by atoms with Gasteiger partial charge in [-0.2, -0.15) is 0 Å². The molecule has 1 aliphatic heterocycles. The molecule has 0 unspecified atom stereocenters. The first-order valence-electron chi connectivity index (χ1n) is 7.94. The van der Waals surface area contributed by atoms with Crippen LogP contribution in [0.5, 0.6) is 0 Å². The highest BCUT2D eigenvalue weighted by Gasteiger charge is 2.22. The van der Waals surface area contributed by atoms with Crippen LogP contribution < -0.4 is 0 Å². The molecule has 2 amide bonds. The van der Waals surface area contributed by atoms with Gasteiger partial charge < -0.3 is 9.80 Å². The average Bonchev–Trinajstić information content (AvgIpc) is 2.78. The van der Waals surface area contributed by atoms with Crippen LogP contribution in [0.2, 0.25) is 0 Å². The zero-order valence-electron chi connectivity index (χ0n) is 13.1. The highest BCUT2D eigenvalue weighted by molar-refractivity contribution is 5.94. The molecule has 0 saturated carbocycles. The molecular formula is C17H23FN2O2. The van der Waals surface area contributed by atoms with Crippen molar-refractivity contribution < 1.29 is 14.0 Å². The monoisotopic (exact) mass is 306 g/mol. The smallest absolute Gasteiger partial charge is 0.254 e. The largest absolute Gasteiger partial charge is 0.341 e. The third-order valence-corrected chi connectivity index (χ3v) is 3.95. The number of carbonyl (C=O) groups is 2. The summed E-state index contributed by atoms with van der Waals surface area (Å²) in [6, 6.07) is 5.76. The number of benzene rings is 1. The Kier molecular flexibility index (Phi) is 5.92. The van der Waals surface area contributed by atoms with E-state index in [9.17, 15) is 14.0 Å². The van der Waals surface area contributed by atoms with E-state index in [2.05, 4.69) is 6.92 Å². The predicted molar refractivity (Wildman–Crippen MR) is 83.0 cm³/mol. The number of hydrogen-bond acceptors (Lipinski definition) is 2. The number of hydrogen-bond donors (Lipinski definition) is 0. The van der Waals surface area contributed by atoms with E-state index < -0.39 is 5.82 Å². The van der Waals surface area contributed by atoms with Crippen LogP contribution in [0, 0.1) is 5.82 Å². The van der Waals surface area contributed by atoms with Gasteiger partial charge in [0.2, 0.25) is 5.91 Å². The molecule has 0 bridgehead atoms. The van der Waals surface area contributed by atoms with Crippen LogP contribution in [0.15, 0.2) is 24.3 Å². The molecule has 5 heteroatoms. The summed E-state index contributed by atoms with van der Waals surface area (Å²) in [7, 11) is 0. The van der Waals surface area contributed by atoms with E-state index in [0.29, 0.717) is 38.2 Å². The molecule has 1 heterocycles. The van der Waals surface area contributed by atoms with Crippen LogP contribution in [0.3, 0.4) is 0 Å². The molecule has 1 aromatic rings. The van der Waals surface area contributed by atoms with Crippen LogP contribution in [-0.2, 0) is 4.79 Å². The van der Waals surface area contributed by atoms with Crippen molar-refractivity contribution in [2.75, 3.05) is 26.2 Å². The van der Waals surface area contributed by atoms with Crippen molar-refractivity contribution in [2.24, 2.45) is 0 Å². The predicted octanol–water partition coefficient (Wildman–Crippen LogP) is 2.69. The number of carbonyl (C=O) groups excluding carboxylic acids is 2. The molecule has 1 saturated heterocycles. The maximum atomic E-state index is 13.2. The molecule has 22 heavy (non-hydrogen) atoms. The summed E-state index contributed by atoms with van der Waals surface area (Å²) in [6.45, 7) is 4.42. The molecule has 0 radical (unpaired) electrons. The number of amides is 2. The Bertz CT molecular complexity index is 533. The molecule has 1 aromatic carbocycles. The van der Waals surface area contributed by atoms with Gasteiger partial charge in [0.05, 0.1) is 0 Å². The second-order valence-corrected chi connectivity index (χ2v) is 5.64. The molecule has 4 nitrogen and oxygen atoms in total. The van der Waals surface area contributed by atoms with Gasteiger partial charge in [0.25, 0.3) is 5.91 Å². The highest BCUT2D eigenvalue weighted by atomic mass is 19.1. The van der Waals surface area contributed by atoms with Crippen LogP contribution in [0.25, 0.3) is 0 Å². The lowest BCUT2D eigenvalue weighted by molar-refractivity contribution is -0.131. The Balaban J connectivity index is 1.95. The summed E-state index contributed by atoms with van der Waals surface area (Å²) < 4.78 is 13.2. The van der Waals surface area contributed by atoms with Crippen molar-refractivity contribution in [1.82, 2.24) is 9.80 Å². The zero-order valence-corrected chi connectivity index (χ0v) is 13.1. The molecule has 0 aromatic heterocycles. The van der Waals surface area contributed by atoms with E-state index in [4.69, 9.17) is 0 Å². The summed E-state index contributed by atoms with van der Waals surface area (Å²) in [5.41, 5.74) is 0.366. The summed E-state index contributed by atoms with van der Waals surface area (Å²) >= 11 is 0. The van der Waals surface area contributed by atoms with Crippen molar-refractivity contribution in [3.8, 4) is 0 Å². The lowest BCUT2D eigenvalue weighted by Crippen LogP contribution is -2.37. The van der Waals surface area contributed by atoms with Crippen molar-refractivity contribution in [3.05, 3.63) is 35.6 Å². The topological polar surface area (TPSA) is 40.6 Å². The molecule has 0 N–H and O–H groups in total. The Morgan fingerprint density at radius 1 is 1.14 bits per heavy atom. The lowest BCUT2D eigenvalue weighted by Gasteiger charge is -2.22. The minimum absolute atomic E-state index is 0.164. The number of halogens is 1. The quantitative estimate of drug-likeness (QED) is 0.858. The number of rotatable bonds is 4. The molecule has 0 aliphatic carbocycles. The van der Waals surface area contributed by atoms with Crippen molar-refractivity contribution >= 4 is 11.8 Å². The van der Waals surface area contributed by atoms with E-state index in [0.717, 1.165) is 19.3 Å². The summed E-state index contributed by atoms with van der Waals surface area (Å²) in [5.74, 6) is -0.402. The Labute approximate surface area is 130 Å². The first kappa shape index (κ1) is 16.5. The maximum Gasteiger partial charge on any atom is 0.254 e. The van der Waals surface area contributed by atoms with Crippen LogP contribution >= 0.6 is 0 Å². The van der Waals surface area contributed by atoms with Crippen molar-refractivity contribution in [2.45, 2.75) is 32.6 Å². The second kappa shape index (κ2) is 7.92. The number of nitrogens with zero attached hydrogens (tertiary/aromatic N) is 2. The third-order valence-electron chi connectivity index (χ3n) is 3.95. The van der Waals surface area contributed by atoms with Gasteiger partial charge >= 0.3 is 0 Å². The SMILES string of the molecule is CCCCC(=O)N1CCCN(C(=O)c2cccc(F)c2)CC1. The molecule has 120 valence electrons. The molecule has 2 rings (SSSR count). The van der Waals surface area contributed by atoms with Crippen LogP contribution in [0.4, 0.5) is 4.39 Å². The van der Waals surface area contributed by atoms with Gasteiger partial charge in [-0.15, -0.1) is 0 Å². The van der Waals surface area contributed by atoms with Gasteiger partial charge in [-0.25, -0.2) is 4.39 Å². The van der Waals surface area contributed by atoms with Gasteiger partial charge in [0.15, 0.2) is 0 Å². The van der Waals surface area contributed by atoms with Gasteiger partial charge in [-0.3, -0.25) is 9.59 Å². The van der Waals surface area contributed by atoms with Crippen LogP contribution in [0.1, 0.15) is 43.0 Å². The first-order chi connectivity index (χ1) is 10.6. The Hall–Kier alpha value is -1.91. The van der Waals surface area contributed by atoms with E-state index in [1.54, 1.807) is 17.0 Å². The van der Waals surface area contributed by atoms with Gasteiger partial charge in [-0.05, 0) is 31.0 Å². The summed E-state index contributed by atoms with van der Waals surface area (Å²) in [6.07, 6.45) is 3.25. The lowest BCUT2D eigenvalue weighted by atomic mass is 10.2. The van der Waals surface area contributed by atoms with Crippen molar-refractivity contribution in [1.29, 1.82) is 0 Å². The standard InChI is InChI=1S/C17H23FN2O2/c1-2-3-8-16(21)19-9-5-10-20(12-11-19)17(22)14-6-4-7-15(18)13-14/h4,6-7,13H,2-3,5,8-12H2,1H3. The normalized spacial score (nSPS) is 15.5. The zero-order chi connectivity index (χ0) is 15.9. The first-order valence-corrected chi connectivity index (χ1v) is 7.94. The fourth-order valence-corrected chi connectivity index (χ4v) is 2.66. The van der Waals surface area contributed by atoms with E-state index in [1.165, 1.54) is 12.1 Å². The highest BCUT2D eigenvalue weighted by Crippen LogP contribution is 2.12. The fourth-order valence-electron chi connectivity index (χ4n) is 2.66. The van der Waals surface area contributed by atoms with Gasteiger partial charge in [0, 0.05) is 38.2 Å². The number of unbranched alkanes of at least 4 members (excludes halogenated alkanes) is 1. The molecule has 1 aliphatic rings. The van der Waals surface area contributed by atoms with Gasteiger partial charge in [0.1, 0.15) is 5.82 Å². The Morgan fingerprint density at radius 3 is 2.59 bits per heavy atom. The summed E-state index contributed by atoms with van der Waals surface area (Å²) in [5, 5.41) is 0. The molecule has 1 fully saturated rings. The minimum Gasteiger partial charge on any atom is -0.341 e. The Morgan fingerprint density at radius 2 is 1.86 bits per heavy atom. The van der Waals surface area contributed by atoms with Crippen LogP contribution in [-0.4, -0.2) is 47.8 Å². The van der Waals surface area contributed by atoms with E-state index in [1.807, 2.05) is 4.90 Å². The maximum absolute atomic E-state index is 13.2. The van der Waals surface area contributed by atoms with Crippen molar-refractivity contribution in [3.63, 3.8) is 0 Å². The summed E-state index contributed by atoms with van der Waals surface area (Å²) in [4.78, 5) is 28.0.